The Kier molecular flexibility index (Phi) is 3.59. The number of rotatable bonds is 2. The number of hydrogen-bond acceptors (Lipinski definition) is 1. The van der Waals surface area contributed by atoms with Gasteiger partial charge in [-0.05, 0) is 23.5 Å². The highest BCUT2D eigenvalue weighted by atomic mass is 16.5. The second-order valence-corrected chi connectivity index (χ2v) is 7.00. The smallest absolute Gasteiger partial charge is 0.180 e. The van der Waals surface area contributed by atoms with Gasteiger partial charge in [0.15, 0.2) is 5.60 Å². The summed E-state index contributed by atoms with van der Waals surface area (Å²) in [6, 6.07) is 16.9. The normalized spacial score (nSPS) is 14.7. The molecule has 0 bridgehead atoms. The molecule has 1 heteroatoms. The molecule has 0 spiro atoms. The Morgan fingerprint density at radius 3 is 1.86 bits per heavy atom. The van der Waals surface area contributed by atoms with Crippen molar-refractivity contribution in [1.82, 2.24) is 0 Å². The van der Waals surface area contributed by atoms with E-state index in [0.717, 1.165) is 11.1 Å². The molecule has 0 heterocycles. The average Bonchev–Trinajstić information content (AvgIpc) is 2.77. The summed E-state index contributed by atoms with van der Waals surface area (Å²) in [5.74, 6) is 6.46. The molecule has 0 saturated heterocycles. The summed E-state index contributed by atoms with van der Waals surface area (Å²) in [6.45, 7) is 9.10. The molecule has 2 aromatic rings. The van der Waals surface area contributed by atoms with Crippen molar-refractivity contribution < 1.29 is 4.74 Å². The molecule has 0 unspecified atom stereocenters. The first-order chi connectivity index (χ1) is 10.5. The maximum Gasteiger partial charge on any atom is 0.180 e. The van der Waals surface area contributed by atoms with Gasteiger partial charge in [0, 0.05) is 11.1 Å². The summed E-state index contributed by atoms with van der Waals surface area (Å²) in [6.07, 6.45) is 0. The minimum absolute atomic E-state index is 0.0922. The van der Waals surface area contributed by atoms with Crippen LogP contribution in [-0.4, -0.2) is 6.61 Å². The number of hydrogen-bond donors (Lipinski definition) is 0. The van der Waals surface area contributed by atoms with Gasteiger partial charge in [-0.15, -0.1) is 5.92 Å². The van der Waals surface area contributed by atoms with Crippen LogP contribution in [0, 0.1) is 17.3 Å². The molecule has 0 atom stereocenters. The Balaban J connectivity index is 2.22. The first-order valence-electron chi connectivity index (χ1n) is 7.75. The standard InChI is InChI=1S/C21H22O/c1-5-14-21(22-15-20(2,3)4)18-12-8-6-10-16(18)17-11-7-9-13-19(17)21/h6-13H,15H2,1-4H3. The zero-order chi connectivity index (χ0) is 15.8. The van der Waals surface area contributed by atoms with Gasteiger partial charge in [0.1, 0.15) is 0 Å². The van der Waals surface area contributed by atoms with Crippen molar-refractivity contribution in [2.75, 3.05) is 6.61 Å². The molecule has 2 aromatic carbocycles. The van der Waals surface area contributed by atoms with Gasteiger partial charge in [-0.2, -0.15) is 0 Å². The molecular weight excluding hydrogens is 268 g/mol. The molecule has 0 aliphatic heterocycles. The first-order valence-corrected chi connectivity index (χ1v) is 7.75. The van der Waals surface area contributed by atoms with E-state index in [1.54, 1.807) is 0 Å². The van der Waals surface area contributed by atoms with Crippen LogP contribution < -0.4 is 0 Å². The molecule has 1 nitrogen and oxygen atoms in total. The lowest BCUT2D eigenvalue weighted by Crippen LogP contribution is -2.31. The van der Waals surface area contributed by atoms with Gasteiger partial charge in [-0.3, -0.25) is 0 Å². The topological polar surface area (TPSA) is 9.23 Å². The second kappa shape index (κ2) is 5.30. The highest BCUT2D eigenvalue weighted by molar-refractivity contribution is 5.82. The van der Waals surface area contributed by atoms with Gasteiger partial charge < -0.3 is 4.74 Å². The van der Waals surface area contributed by atoms with Crippen molar-refractivity contribution in [3.05, 3.63) is 59.7 Å². The van der Waals surface area contributed by atoms with Crippen molar-refractivity contribution >= 4 is 0 Å². The largest absolute Gasteiger partial charge is 0.353 e. The minimum atomic E-state index is -0.644. The fourth-order valence-electron chi connectivity index (χ4n) is 3.02. The zero-order valence-electron chi connectivity index (χ0n) is 13.7. The van der Waals surface area contributed by atoms with Crippen LogP contribution in [0.4, 0.5) is 0 Å². The second-order valence-electron chi connectivity index (χ2n) is 7.00. The highest BCUT2D eigenvalue weighted by Crippen LogP contribution is 2.49. The SMILES string of the molecule is CC#CC1(OCC(C)(C)C)c2ccccc2-c2ccccc21. The Morgan fingerprint density at radius 2 is 1.41 bits per heavy atom. The third-order valence-electron chi connectivity index (χ3n) is 3.93. The fraction of sp³-hybridized carbons (Fsp3) is 0.333. The monoisotopic (exact) mass is 290 g/mol. The zero-order valence-corrected chi connectivity index (χ0v) is 13.7. The maximum atomic E-state index is 6.47. The van der Waals surface area contributed by atoms with Gasteiger partial charge in [-0.25, -0.2) is 0 Å². The predicted octanol–water partition coefficient (Wildman–Crippen LogP) is 5.00. The van der Waals surface area contributed by atoms with Gasteiger partial charge in [0.2, 0.25) is 0 Å². The molecule has 1 aliphatic carbocycles. The van der Waals surface area contributed by atoms with Crippen molar-refractivity contribution in [2.45, 2.75) is 33.3 Å². The van der Waals surface area contributed by atoms with E-state index < -0.39 is 5.60 Å². The van der Waals surface area contributed by atoms with E-state index in [1.165, 1.54) is 11.1 Å². The van der Waals surface area contributed by atoms with Crippen molar-refractivity contribution in [3.63, 3.8) is 0 Å². The van der Waals surface area contributed by atoms with Crippen LogP contribution in [0.15, 0.2) is 48.5 Å². The Bertz CT molecular complexity index is 708. The lowest BCUT2D eigenvalue weighted by Gasteiger charge is -2.30. The van der Waals surface area contributed by atoms with E-state index in [0.29, 0.717) is 6.61 Å². The number of fused-ring (bicyclic) bond motifs is 3. The summed E-state index contributed by atoms with van der Waals surface area (Å²) in [5, 5.41) is 0. The van der Waals surface area contributed by atoms with Crippen LogP contribution in [0.3, 0.4) is 0 Å². The summed E-state index contributed by atoms with van der Waals surface area (Å²) < 4.78 is 6.47. The van der Waals surface area contributed by atoms with Crippen LogP contribution in [0.5, 0.6) is 0 Å². The van der Waals surface area contributed by atoms with Crippen LogP contribution in [0.25, 0.3) is 11.1 Å². The third kappa shape index (κ3) is 2.34. The molecule has 0 radical (unpaired) electrons. The van der Waals surface area contributed by atoms with E-state index >= 15 is 0 Å². The summed E-state index contributed by atoms with van der Waals surface area (Å²) in [7, 11) is 0. The first kappa shape index (κ1) is 14.9. The van der Waals surface area contributed by atoms with Crippen LogP contribution >= 0.6 is 0 Å². The molecule has 1 aliphatic rings. The molecule has 0 aromatic heterocycles. The van der Waals surface area contributed by atoms with E-state index in [9.17, 15) is 0 Å². The van der Waals surface area contributed by atoms with Gasteiger partial charge in [0.05, 0.1) is 6.61 Å². The van der Waals surface area contributed by atoms with E-state index in [-0.39, 0.29) is 5.41 Å². The number of ether oxygens (including phenoxy) is 1. The Hall–Kier alpha value is -2.04. The van der Waals surface area contributed by atoms with Crippen LogP contribution in [0.2, 0.25) is 0 Å². The lowest BCUT2D eigenvalue weighted by molar-refractivity contribution is -0.0121. The molecule has 0 saturated carbocycles. The van der Waals surface area contributed by atoms with E-state index in [4.69, 9.17) is 4.74 Å². The number of benzene rings is 2. The quantitative estimate of drug-likeness (QED) is 0.707. The summed E-state index contributed by atoms with van der Waals surface area (Å²) >= 11 is 0. The van der Waals surface area contributed by atoms with Crippen molar-refractivity contribution in [3.8, 4) is 23.0 Å². The van der Waals surface area contributed by atoms with Crippen molar-refractivity contribution in [2.24, 2.45) is 5.41 Å². The van der Waals surface area contributed by atoms with E-state index in [1.807, 2.05) is 6.92 Å². The summed E-state index contributed by atoms with van der Waals surface area (Å²) in [4.78, 5) is 0. The Labute approximate surface area is 133 Å². The van der Waals surface area contributed by atoms with Gasteiger partial charge in [-0.1, -0.05) is 75.2 Å². The van der Waals surface area contributed by atoms with Gasteiger partial charge in [0.25, 0.3) is 0 Å². The Morgan fingerprint density at radius 1 is 0.909 bits per heavy atom. The molecule has 112 valence electrons. The lowest BCUT2D eigenvalue weighted by atomic mass is 9.90. The van der Waals surface area contributed by atoms with Crippen LogP contribution in [-0.2, 0) is 10.3 Å². The van der Waals surface area contributed by atoms with E-state index in [2.05, 4.69) is 81.1 Å². The molecule has 0 amide bonds. The molecule has 0 N–H and O–H groups in total. The minimum Gasteiger partial charge on any atom is -0.353 e. The predicted molar refractivity (Wildman–Crippen MR) is 91.5 cm³/mol. The maximum absolute atomic E-state index is 6.47. The third-order valence-corrected chi connectivity index (χ3v) is 3.93. The summed E-state index contributed by atoms with van der Waals surface area (Å²) in [5.41, 5.74) is 4.23. The highest BCUT2D eigenvalue weighted by Gasteiger charge is 2.43. The molecule has 3 rings (SSSR count). The molecular formula is C21H22O. The average molecular weight is 290 g/mol. The molecule has 22 heavy (non-hydrogen) atoms. The van der Waals surface area contributed by atoms with Gasteiger partial charge >= 0.3 is 0 Å². The fourth-order valence-corrected chi connectivity index (χ4v) is 3.02. The molecule has 0 fully saturated rings. The van der Waals surface area contributed by atoms with Crippen LogP contribution in [0.1, 0.15) is 38.8 Å². The van der Waals surface area contributed by atoms with Crippen molar-refractivity contribution in [1.29, 1.82) is 0 Å².